The van der Waals surface area contributed by atoms with E-state index < -0.39 is 6.10 Å². The lowest BCUT2D eigenvalue weighted by molar-refractivity contribution is -0.126. The Morgan fingerprint density at radius 3 is 2.83 bits per heavy atom. The van der Waals surface area contributed by atoms with Crippen molar-refractivity contribution in [1.82, 2.24) is 16.0 Å². The summed E-state index contributed by atoms with van der Waals surface area (Å²) in [6.07, 6.45) is 3.03. The van der Waals surface area contributed by atoms with Crippen LogP contribution in [0.2, 0.25) is 0 Å². The van der Waals surface area contributed by atoms with Crippen LogP contribution in [0.4, 0.5) is 0 Å². The Bertz CT molecular complexity index is 678. The normalized spacial score (nSPS) is 20.8. The third-order valence-corrected chi connectivity index (χ3v) is 5.06. The zero-order valence-electron chi connectivity index (χ0n) is 18.1. The fourth-order valence-corrected chi connectivity index (χ4v) is 3.61. The number of rotatable bonds is 8. The topological polar surface area (TPSA) is 95.0 Å². The van der Waals surface area contributed by atoms with Gasteiger partial charge in [-0.3, -0.25) is 9.79 Å². The Morgan fingerprint density at radius 2 is 2.14 bits per heavy atom. The number of benzene rings is 1. The minimum atomic E-state index is -0.712. The first kappa shape index (κ1) is 23.0. The summed E-state index contributed by atoms with van der Waals surface area (Å²) in [4.78, 5) is 16.9. The number of aliphatic imine (C=N–C) groups is 1. The molecule has 0 bridgehead atoms. The Balaban J connectivity index is 1.96. The maximum atomic E-state index is 12.4. The van der Waals surface area contributed by atoms with Gasteiger partial charge < -0.3 is 25.8 Å². The third-order valence-electron chi connectivity index (χ3n) is 5.06. The van der Waals surface area contributed by atoms with Crippen molar-refractivity contribution >= 4 is 11.9 Å². The van der Waals surface area contributed by atoms with Crippen molar-refractivity contribution in [2.45, 2.75) is 64.6 Å². The first-order valence-electron chi connectivity index (χ1n) is 10.6. The monoisotopic (exact) mass is 404 g/mol. The van der Waals surface area contributed by atoms with E-state index in [1.165, 1.54) is 0 Å². The summed E-state index contributed by atoms with van der Waals surface area (Å²) in [7, 11) is 1.61. The van der Waals surface area contributed by atoms with E-state index in [0.717, 1.165) is 37.8 Å². The van der Waals surface area contributed by atoms with Gasteiger partial charge in [0.2, 0.25) is 5.91 Å². The van der Waals surface area contributed by atoms with Crippen LogP contribution >= 0.6 is 0 Å². The first-order valence-corrected chi connectivity index (χ1v) is 10.6. The average Bonchev–Trinajstić information content (AvgIpc) is 2.71. The predicted molar refractivity (Wildman–Crippen MR) is 116 cm³/mol. The van der Waals surface area contributed by atoms with Gasteiger partial charge >= 0.3 is 0 Å². The Morgan fingerprint density at radius 1 is 1.34 bits per heavy atom. The SMILES string of the molecule is CCNC(=NCC(O)c1cccc(OC)c1)NC1CCCC(C(=O)NC(C)C)C1. The molecule has 1 amide bonds. The van der Waals surface area contributed by atoms with Gasteiger partial charge in [-0.25, -0.2) is 0 Å². The van der Waals surface area contributed by atoms with E-state index in [2.05, 4.69) is 20.9 Å². The molecule has 1 fully saturated rings. The molecule has 3 unspecified atom stereocenters. The van der Waals surface area contributed by atoms with Gasteiger partial charge in [-0.05, 0) is 57.7 Å². The molecule has 29 heavy (non-hydrogen) atoms. The molecule has 1 aromatic rings. The summed E-state index contributed by atoms with van der Waals surface area (Å²) in [6, 6.07) is 7.74. The van der Waals surface area contributed by atoms with Crippen LogP contribution in [-0.4, -0.2) is 49.3 Å². The first-order chi connectivity index (χ1) is 13.9. The molecule has 1 saturated carbocycles. The lowest BCUT2D eigenvalue weighted by Crippen LogP contribution is -2.47. The van der Waals surface area contributed by atoms with Gasteiger partial charge in [-0.15, -0.1) is 0 Å². The number of aliphatic hydroxyl groups is 1. The number of ether oxygens (including phenoxy) is 1. The second-order valence-electron chi connectivity index (χ2n) is 7.88. The number of hydrogen-bond acceptors (Lipinski definition) is 4. The molecule has 162 valence electrons. The Hall–Kier alpha value is -2.28. The number of amides is 1. The van der Waals surface area contributed by atoms with Crippen molar-refractivity contribution in [3.05, 3.63) is 29.8 Å². The molecule has 1 aliphatic rings. The van der Waals surface area contributed by atoms with Crippen LogP contribution < -0.4 is 20.7 Å². The third kappa shape index (κ3) is 7.57. The van der Waals surface area contributed by atoms with Gasteiger partial charge in [0, 0.05) is 24.5 Å². The van der Waals surface area contributed by atoms with Crippen molar-refractivity contribution in [1.29, 1.82) is 0 Å². The van der Waals surface area contributed by atoms with Crippen LogP contribution in [0.25, 0.3) is 0 Å². The van der Waals surface area contributed by atoms with Gasteiger partial charge in [-0.1, -0.05) is 18.6 Å². The highest BCUT2D eigenvalue weighted by atomic mass is 16.5. The van der Waals surface area contributed by atoms with E-state index >= 15 is 0 Å². The average molecular weight is 405 g/mol. The van der Waals surface area contributed by atoms with Gasteiger partial charge in [0.05, 0.1) is 19.8 Å². The molecule has 7 nitrogen and oxygen atoms in total. The maximum absolute atomic E-state index is 12.4. The molecular formula is C22H36N4O3. The summed E-state index contributed by atoms with van der Waals surface area (Å²) >= 11 is 0. The minimum absolute atomic E-state index is 0.0360. The summed E-state index contributed by atoms with van der Waals surface area (Å²) in [5, 5.41) is 20.2. The predicted octanol–water partition coefficient (Wildman–Crippen LogP) is 2.37. The van der Waals surface area contributed by atoms with Crippen LogP contribution in [0.15, 0.2) is 29.3 Å². The molecule has 0 aromatic heterocycles. The maximum Gasteiger partial charge on any atom is 0.223 e. The van der Waals surface area contributed by atoms with Crippen molar-refractivity contribution in [2.24, 2.45) is 10.9 Å². The fraction of sp³-hybridized carbons (Fsp3) is 0.636. The number of carbonyl (C=O) groups is 1. The highest BCUT2D eigenvalue weighted by Crippen LogP contribution is 2.25. The molecule has 1 aliphatic carbocycles. The standard InChI is InChI=1S/C22H36N4O3/c1-5-23-22(24-14-20(27)16-8-7-11-19(13-16)29-4)26-18-10-6-9-17(12-18)21(28)25-15(2)3/h7-8,11,13,15,17-18,20,27H,5-6,9-10,12,14H2,1-4H3,(H,25,28)(H2,23,24,26). The number of hydrogen-bond donors (Lipinski definition) is 4. The lowest BCUT2D eigenvalue weighted by Gasteiger charge is -2.30. The van der Waals surface area contributed by atoms with Crippen molar-refractivity contribution in [2.75, 3.05) is 20.2 Å². The molecule has 2 rings (SSSR count). The molecule has 4 N–H and O–H groups in total. The van der Waals surface area contributed by atoms with Crippen LogP contribution in [0.5, 0.6) is 5.75 Å². The number of nitrogens with zero attached hydrogens (tertiary/aromatic N) is 1. The lowest BCUT2D eigenvalue weighted by atomic mass is 9.85. The molecule has 0 aliphatic heterocycles. The molecule has 0 saturated heterocycles. The van der Waals surface area contributed by atoms with Gasteiger partial charge in [0.25, 0.3) is 0 Å². The quantitative estimate of drug-likeness (QED) is 0.394. The Kier molecular flexibility index (Phi) is 9.25. The summed E-state index contributed by atoms with van der Waals surface area (Å²) in [5.41, 5.74) is 0.770. The molecule has 3 atom stereocenters. The van der Waals surface area contributed by atoms with Gasteiger partial charge in [0.1, 0.15) is 5.75 Å². The summed E-state index contributed by atoms with van der Waals surface area (Å²) < 4.78 is 5.22. The van der Waals surface area contributed by atoms with E-state index in [-0.39, 0.29) is 30.5 Å². The minimum Gasteiger partial charge on any atom is -0.497 e. The van der Waals surface area contributed by atoms with Crippen molar-refractivity contribution in [3.8, 4) is 5.75 Å². The van der Waals surface area contributed by atoms with E-state index in [1.807, 2.05) is 45.0 Å². The molecule has 0 spiro atoms. The molecule has 1 aromatic carbocycles. The second kappa shape index (κ2) is 11.7. The number of aliphatic hydroxyl groups excluding tert-OH is 1. The number of nitrogens with one attached hydrogen (secondary N) is 3. The van der Waals surface area contributed by atoms with Crippen LogP contribution in [-0.2, 0) is 4.79 Å². The van der Waals surface area contributed by atoms with Crippen molar-refractivity contribution in [3.63, 3.8) is 0 Å². The molecule has 7 heteroatoms. The Labute approximate surface area is 174 Å². The van der Waals surface area contributed by atoms with Gasteiger partial charge in [0.15, 0.2) is 5.96 Å². The second-order valence-corrected chi connectivity index (χ2v) is 7.88. The summed E-state index contributed by atoms with van der Waals surface area (Å²) in [5.74, 6) is 1.56. The van der Waals surface area contributed by atoms with Gasteiger partial charge in [-0.2, -0.15) is 0 Å². The van der Waals surface area contributed by atoms with E-state index in [1.54, 1.807) is 7.11 Å². The van der Waals surface area contributed by atoms with Crippen molar-refractivity contribution < 1.29 is 14.6 Å². The van der Waals surface area contributed by atoms with Crippen LogP contribution in [0, 0.1) is 5.92 Å². The van der Waals surface area contributed by atoms with Crippen LogP contribution in [0.1, 0.15) is 58.1 Å². The summed E-state index contributed by atoms with van der Waals surface area (Å²) in [6.45, 7) is 6.95. The van der Waals surface area contributed by atoms with E-state index in [4.69, 9.17) is 4.74 Å². The van der Waals surface area contributed by atoms with E-state index in [0.29, 0.717) is 11.7 Å². The molecule has 0 radical (unpaired) electrons. The number of carbonyl (C=O) groups excluding carboxylic acids is 1. The number of guanidine groups is 1. The smallest absolute Gasteiger partial charge is 0.223 e. The van der Waals surface area contributed by atoms with Crippen LogP contribution in [0.3, 0.4) is 0 Å². The van der Waals surface area contributed by atoms with E-state index in [9.17, 15) is 9.90 Å². The number of methoxy groups -OCH3 is 1. The fourth-order valence-electron chi connectivity index (χ4n) is 3.61. The zero-order valence-corrected chi connectivity index (χ0v) is 18.1. The zero-order chi connectivity index (χ0) is 21.2. The highest BCUT2D eigenvalue weighted by molar-refractivity contribution is 5.81. The highest BCUT2D eigenvalue weighted by Gasteiger charge is 2.28. The molecule has 0 heterocycles. The molecular weight excluding hydrogens is 368 g/mol. The largest absolute Gasteiger partial charge is 0.497 e.